The summed E-state index contributed by atoms with van der Waals surface area (Å²) in [5, 5.41) is 10.7. The Balaban J connectivity index is 2.54. The molecule has 0 spiro atoms. The third-order valence-corrected chi connectivity index (χ3v) is 0.813. The van der Waals surface area contributed by atoms with Crippen LogP contribution in [0.25, 0.3) is 0 Å². The molecule has 1 rings (SSSR count). The number of nitrogens with zero attached hydrogens (tertiary/aromatic N) is 1. The van der Waals surface area contributed by atoms with Gasteiger partial charge in [-0.05, 0) is 0 Å². The van der Waals surface area contributed by atoms with Gasteiger partial charge in [-0.25, -0.2) is 4.99 Å². The van der Waals surface area contributed by atoms with Crippen LogP contribution in [0.2, 0.25) is 0 Å². The van der Waals surface area contributed by atoms with E-state index in [1.54, 1.807) is 0 Å². The molecule has 44 valence electrons. The molecule has 0 saturated carbocycles. The smallest absolute Gasteiger partial charge is 0.228 e. The number of hydrogen-bond donors (Lipinski definition) is 2. The standard InChI is InChI=1S/C4H6N2O2/c7-3-1-2-5-4(8)6-3/h2,4,8H,1H2,(H,6,7). The molecule has 1 atom stereocenters. The summed E-state index contributed by atoms with van der Waals surface area (Å²) in [4.78, 5) is 13.8. The first-order valence-electron chi connectivity index (χ1n) is 2.28. The van der Waals surface area contributed by atoms with Crippen molar-refractivity contribution in [1.29, 1.82) is 0 Å². The van der Waals surface area contributed by atoms with Crippen LogP contribution in [0.1, 0.15) is 6.42 Å². The molecule has 0 radical (unpaired) electrons. The molecule has 0 fully saturated rings. The Morgan fingerprint density at radius 1 is 2.00 bits per heavy atom. The number of amides is 1. The van der Waals surface area contributed by atoms with Crippen LogP contribution in [0.3, 0.4) is 0 Å². The molecule has 0 aromatic heterocycles. The van der Waals surface area contributed by atoms with Crippen LogP contribution in [-0.2, 0) is 4.79 Å². The predicted molar refractivity (Wildman–Crippen MR) is 27.3 cm³/mol. The highest BCUT2D eigenvalue weighted by atomic mass is 16.3. The van der Waals surface area contributed by atoms with Crippen molar-refractivity contribution >= 4 is 12.1 Å². The zero-order valence-electron chi connectivity index (χ0n) is 4.16. The fourth-order valence-corrected chi connectivity index (χ4v) is 0.476. The average Bonchev–Trinajstić information content (AvgIpc) is 1.64. The van der Waals surface area contributed by atoms with Gasteiger partial charge in [0.1, 0.15) is 0 Å². The third-order valence-electron chi connectivity index (χ3n) is 0.813. The van der Waals surface area contributed by atoms with E-state index < -0.39 is 6.35 Å². The number of rotatable bonds is 0. The maximum atomic E-state index is 10.3. The maximum absolute atomic E-state index is 10.3. The molecule has 1 unspecified atom stereocenters. The number of carbonyl (C=O) groups excluding carboxylic acids is 1. The van der Waals surface area contributed by atoms with Crippen molar-refractivity contribution in [3.63, 3.8) is 0 Å². The molecule has 1 aliphatic heterocycles. The summed E-state index contributed by atoms with van der Waals surface area (Å²) in [5.74, 6) is -0.187. The Morgan fingerprint density at radius 2 is 2.75 bits per heavy atom. The third kappa shape index (κ3) is 1.04. The molecule has 4 nitrogen and oxygen atoms in total. The lowest BCUT2D eigenvalue weighted by Gasteiger charge is -2.10. The number of nitrogens with one attached hydrogen (secondary N) is 1. The Hall–Kier alpha value is -0.900. The topological polar surface area (TPSA) is 61.7 Å². The van der Waals surface area contributed by atoms with Crippen LogP contribution in [0.15, 0.2) is 4.99 Å². The lowest BCUT2D eigenvalue weighted by molar-refractivity contribution is -0.123. The molecule has 1 aliphatic rings. The van der Waals surface area contributed by atoms with Gasteiger partial charge in [0.2, 0.25) is 12.3 Å². The summed E-state index contributed by atoms with van der Waals surface area (Å²) in [6.45, 7) is 0. The lowest BCUT2D eigenvalue weighted by atomic mass is 10.4. The maximum Gasteiger partial charge on any atom is 0.228 e. The molecule has 0 bridgehead atoms. The van der Waals surface area contributed by atoms with Crippen molar-refractivity contribution in [3.05, 3.63) is 0 Å². The minimum atomic E-state index is -1.02. The SMILES string of the molecule is O=C1CC=NC(O)N1. The summed E-state index contributed by atoms with van der Waals surface area (Å²) >= 11 is 0. The zero-order chi connectivity index (χ0) is 5.98. The van der Waals surface area contributed by atoms with E-state index in [1.807, 2.05) is 0 Å². The van der Waals surface area contributed by atoms with Gasteiger partial charge in [-0.1, -0.05) is 0 Å². The highest BCUT2D eigenvalue weighted by Gasteiger charge is 2.08. The summed E-state index contributed by atoms with van der Waals surface area (Å²) in [5.41, 5.74) is 0. The average molecular weight is 114 g/mol. The predicted octanol–water partition coefficient (Wildman–Crippen LogP) is -1.15. The van der Waals surface area contributed by atoms with Crippen LogP contribution < -0.4 is 5.32 Å². The highest BCUT2D eigenvalue weighted by Crippen LogP contribution is 1.88. The second kappa shape index (κ2) is 1.92. The van der Waals surface area contributed by atoms with Crippen molar-refractivity contribution in [2.24, 2.45) is 4.99 Å². The Labute approximate surface area is 46.2 Å². The molecule has 8 heavy (non-hydrogen) atoms. The molecule has 0 saturated heterocycles. The van der Waals surface area contributed by atoms with Crippen LogP contribution in [0.4, 0.5) is 0 Å². The van der Waals surface area contributed by atoms with Crippen molar-refractivity contribution in [3.8, 4) is 0 Å². The second-order valence-electron chi connectivity index (χ2n) is 1.48. The monoisotopic (exact) mass is 114 g/mol. The minimum absolute atomic E-state index is 0.187. The van der Waals surface area contributed by atoms with Gasteiger partial charge in [-0.3, -0.25) is 4.79 Å². The molecule has 1 heterocycles. The van der Waals surface area contributed by atoms with Crippen LogP contribution in [-0.4, -0.2) is 23.6 Å². The van der Waals surface area contributed by atoms with E-state index in [1.165, 1.54) is 6.21 Å². The van der Waals surface area contributed by atoms with Gasteiger partial charge in [0.25, 0.3) is 0 Å². The van der Waals surface area contributed by atoms with Crippen molar-refractivity contribution in [2.75, 3.05) is 0 Å². The fraction of sp³-hybridized carbons (Fsp3) is 0.500. The summed E-state index contributed by atoms with van der Waals surface area (Å²) in [6, 6.07) is 0. The number of hydrogen-bond acceptors (Lipinski definition) is 3. The summed E-state index contributed by atoms with van der Waals surface area (Å²) in [7, 11) is 0. The number of aliphatic hydroxyl groups is 1. The number of aliphatic hydroxyl groups excluding tert-OH is 1. The van der Waals surface area contributed by atoms with Gasteiger partial charge in [0.15, 0.2) is 0 Å². The Kier molecular flexibility index (Phi) is 1.26. The molecule has 0 aromatic carbocycles. The highest BCUT2D eigenvalue weighted by molar-refractivity contribution is 5.91. The van der Waals surface area contributed by atoms with Crippen LogP contribution >= 0.6 is 0 Å². The van der Waals surface area contributed by atoms with Gasteiger partial charge in [-0.2, -0.15) is 0 Å². The molecule has 0 aromatic rings. The van der Waals surface area contributed by atoms with E-state index in [0.717, 1.165) is 0 Å². The van der Waals surface area contributed by atoms with E-state index in [9.17, 15) is 4.79 Å². The lowest BCUT2D eigenvalue weighted by Crippen LogP contribution is -2.36. The van der Waals surface area contributed by atoms with E-state index >= 15 is 0 Å². The van der Waals surface area contributed by atoms with Crippen molar-refractivity contribution in [1.82, 2.24) is 5.32 Å². The molecule has 4 heteroatoms. The fourth-order valence-electron chi connectivity index (χ4n) is 0.476. The molecular formula is C4H6N2O2. The molecule has 2 N–H and O–H groups in total. The first-order chi connectivity index (χ1) is 3.79. The number of aliphatic imine (C=N–C) groups is 1. The van der Waals surface area contributed by atoms with E-state index in [4.69, 9.17) is 5.11 Å². The first kappa shape index (κ1) is 5.24. The van der Waals surface area contributed by atoms with Crippen molar-refractivity contribution in [2.45, 2.75) is 12.8 Å². The molecular weight excluding hydrogens is 108 g/mol. The normalized spacial score (nSPS) is 27.6. The Bertz CT molecular complexity index is 132. The molecule has 0 aliphatic carbocycles. The Morgan fingerprint density at radius 3 is 3.12 bits per heavy atom. The minimum Gasteiger partial charge on any atom is -0.355 e. The van der Waals surface area contributed by atoms with Gasteiger partial charge < -0.3 is 10.4 Å². The van der Waals surface area contributed by atoms with Gasteiger partial charge in [0.05, 0.1) is 6.42 Å². The van der Waals surface area contributed by atoms with Crippen LogP contribution in [0, 0.1) is 0 Å². The van der Waals surface area contributed by atoms with Crippen molar-refractivity contribution < 1.29 is 9.90 Å². The summed E-state index contributed by atoms with van der Waals surface area (Å²) in [6.07, 6.45) is 0.650. The quantitative estimate of drug-likeness (QED) is 0.418. The van der Waals surface area contributed by atoms with E-state index in [0.29, 0.717) is 0 Å². The largest absolute Gasteiger partial charge is 0.355 e. The second-order valence-corrected chi connectivity index (χ2v) is 1.48. The zero-order valence-corrected chi connectivity index (χ0v) is 4.16. The van der Waals surface area contributed by atoms with E-state index in [2.05, 4.69) is 10.3 Å². The molecule has 1 amide bonds. The van der Waals surface area contributed by atoms with E-state index in [-0.39, 0.29) is 12.3 Å². The van der Waals surface area contributed by atoms with Gasteiger partial charge in [0, 0.05) is 6.21 Å². The van der Waals surface area contributed by atoms with Gasteiger partial charge in [-0.15, -0.1) is 0 Å². The summed E-state index contributed by atoms with van der Waals surface area (Å²) < 4.78 is 0. The van der Waals surface area contributed by atoms with Crippen LogP contribution in [0.5, 0.6) is 0 Å². The number of carbonyl (C=O) groups is 1. The first-order valence-corrected chi connectivity index (χ1v) is 2.28. The van der Waals surface area contributed by atoms with Gasteiger partial charge >= 0.3 is 0 Å².